The predicted molar refractivity (Wildman–Crippen MR) is 110 cm³/mol. The molecule has 2 heterocycles. The third kappa shape index (κ3) is 2.84. The third-order valence-electron chi connectivity index (χ3n) is 5.09. The Kier molecular flexibility index (Phi) is 4.34. The van der Waals surface area contributed by atoms with Crippen LogP contribution in [0.2, 0.25) is 0 Å². The zero-order valence-electron chi connectivity index (χ0n) is 16.3. The molecule has 0 unspecified atom stereocenters. The highest BCUT2D eigenvalue weighted by Crippen LogP contribution is 2.22. The topological polar surface area (TPSA) is 99.1 Å². The fourth-order valence-corrected chi connectivity index (χ4v) is 3.71. The maximum Gasteiger partial charge on any atom is 0.355 e. The van der Waals surface area contributed by atoms with E-state index in [-0.39, 0.29) is 29.3 Å². The summed E-state index contributed by atoms with van der Waals surface area (Å²) in [5, 5.41) is 16.2. The van der Waals surface area contributed by atoms with Gasteiger partial charge in [0.2, 0.25) is 0 Å². The van der Waals surface area contributed by atoms with Gasteiger partial charge in [-0.3, -0.25) is 18.6 Å². The molecule has 0 atom stereocenters. The fraction of sp³-hybridized carbons (Fsp3) is 0.238. The Morgan fingerprint density at radius 1 is 1.10 bits per heavy atom. The molecule has 148 valence electrons. The maximum absolute atomic E-state index is 12.8. The number of benzene rings is 2. The average molecular weight is 392 g/mol. The van der Waals surface area contributed by atoms with Gasteiger partial charge in [-0.25, -0.2) is 9.59 Å². The predicted octanol–water partition coefficient (Wildman–Crippen LogP) is 2.38. The number of carboxylic acid groups (broad SMARTS) is 1. The number of carboxylic acids is 1. The molecule has 0 fully saturated rings. The molecular formula is C21H20N4O4. The van der Waals surface area contributed by atoms with Crippen molar-refractivity contribution in [2.45, 2.75) is 26.4 Å². The lowest BCUT2D eigenvalue weighted by Crippen LogP contribution is -2.39. The minimum atomic E-state index is -1.27. The molecule has 8 nitrogen and oxygen atoms in total. The van der Waals surface area contributed by atoms with Gasteiger partial charge in [0.05, 0.1) is 6.54 Å². The highest BCUT2D eigenvalue weighted by molar-refractivity contribution is 6.00. The van der Waals surface area contributed by atoms with E-state index in [1.54, 1.807) is 13.8 Å². The first-order valence-corrected chi connectivity index (χ1v) is 9.23. The quantitative estimate of drug-likeness (QED) is 0.575. The Hall–Kier alpha value is -3.68. The van der Waals surface area contributed by atoms with Crippen LogP contribution in [-0.2, 0) is 13.6 Å². The van der Waals surface area contributed by atoms with Crippen molar-refractivity contribution in [2.75, 3.05) is 0 Å². The van der Waals surface area contributed by atoms with E-state index in [2.05, 4.69) is 5.10 Å². The Bertz CT molecular complexity index is 1390. The van der Waals surface area contributed by atoms with Gasteiger partial charge < -0.3 is 5.11 Å². The van der Waals surface area contributed by atoms with Crippen molar-refractivity contribution < 1.29 is 9.90 Å². The molecule has 0 saturated carbocycles. The standard InChI is InChI=1S/C21H20N4O4/c1-12(2)25-18-16(19(26)23(3)21(25)29)17(20(27)28)24(22-18)11-14-9-6-8-13-7-4-5-10-15(13)14/h4-10,12H,11H2,1-3H3,(H,27,28). The van der Waals surface area contributed by atoms with Crippen molar-refractivity contribution in [1.29, 1.82) is 0 Å². The van der Waals surface area contributed by atoms with Gasteiger partial charge in [-0.05, 0) is 30.2 Å². The van der Waals surface area contributed by atoms with Crippen LogP contribution in [0, 0.1) is 0 Å². The monoisotopic (exact) mass is 392 g/mol. The van der Waals surface area contributed by atoms with Gasteiger partial charge in [0.25, 0.3) is 5.56 Å². The summed E-state index contributed by atoms with van der Waals surface area (Å²) in [6, 6.07) is 13.2. The molecule has 4 rings (SSSR count). The Morgan fingerprint density at radius 2 is 1.79 bits per heavy atom. The highest BCUT2D eigenvalue weighted by Gasteiger charge is 2.26. The summed E-state index contributed by atoms with van der Waals surface area (Å²) < 4.78 is 3.58. The number of hydrogen-bond acceptors (Lipinski definition) is 4. The van der Waals surface area contributed by atoms with Crippen LogP contribution < -0.4 is 11.2 Å². The first kappa shape index (κ1) is 18.7. The zero-order valence-corrected chi connectivity index (χ0v) is 16.3. The van der Waals surface area contributed by atoms with Gasteiger partial charge in [0.15, 0.2) is 11.3 Å². The molecule has 0 radical (unpaired) electrons. The van der Waals surface area contributed by atoms with Crippen molar-refractivity contribution in [2.24, 2.45) is 7.05 Å². The molecule has 0 bridgehead atoms. The van der Waals surface area contributed by atoms with Crippen LogP contribution in [0.15, 0.2) is 52.1 Å². The molecule has 4 aromatic rings. The molecular weight excluding hydrogens is 372 g/mol. The lowest BCUT2D eigenvalue weighted by Gasteiger charge is -2.11. The largest absolute Gasteiger partial charge is 0.476 e. The minimum absolute atomic E-state index is 0.0615. The second-order valence-electron chi connectivity index (χ2n) is 7.26. The van der Waals surface area contributed by atoms with Crippen molar-refractivity contribution in [3.8, 4) is 0 Å². The lowest BCUT2D eigenvalue weighted by molar-refractivity contribution is 0.0686. The maximum atomic E-state index is 12.8. The third-order valence-corrected chi connectivity index (χ3v) is 5.09. The molecule has 29 heavy (non-hydrogen) atoms. The number of carbonyl (C=O) groups is 1. The molecule has 1 N–H and O–H groups in total. The Balaban J connectivity index is 2.05. The van der Waals surface area contributed by atoms with Gasteiger partial charge in [0, 0.05) is 13.1 Å². The van der Waals surface area contributed by atoms with E-state index in [0.29, 0.717) is 0 Å². The number of nitrogens with zero attached hydrogens (tertiary/aromatic N) is 4. The molecule has 8 heteroatoms. The van der Waals surface area contributed by atoms with Crippen molar-refractivity contribution in [3.63, 3.8) is 0 Å². The smallest absolute Gasteiger partial charge is 0.355 e. The Morgan fingerprint density at radius 3 is 2.48 bits per heavy atom. The van der Waals surface area contributed by atoms with Gasteiger partial charge >= 0.3 is 11.7 Å². The molecule has 0 aliphatic heterocycles. The summed E-state index contributed by atoms with van der Waals surface area (Å²) in [5.74, 6) is -1.27. The van der Waals surface area contributed by atoms with Crippen molar-refractivity contribution >= 4 is 27.8 Å². The van der Waals surface area contributed by atoms with E-state index < -0.39 is 17.2 Å². The Labute approximate surface area is 165 Å². The van der Waals surface area contributed by atoms with E-state index in [0.717, 1.165) is 20.9 Å². The SMILES string of the molecule is CC(C)n1c(=O)n(C)c(=O)c2c(C(=O)O)n(Cc3cccc4ccccc34)nc21. The van der Waals surface area contributed by atoms with Crippen LogP contribution in [0.25, 0.3) is 21.8 Å². The lowest BCUT2D eigenvalue weighted by atomic mass is 10.0. The molecule has 0 aliphatic carbocycles. The number of fused-ring (bicyclic) bond motifs is 2. The van der Waals surface area contributed by atoms with E-state index in [1.807, 2.05) is 42.5 Å². The minimum Gasteiger partial charge on any atom is -0.476 e. The second-order valence-corrected chi connectivity index (χ2v) is 7.26. The number of rotatable bonds is 4. The average Bonchev–Trinajstić information content (AvgIpc) is 3.05. The van der Waals surface area contributed by atoms with Crippen molar-refractivity contribution in [1.82, 2.24) is 18.9 Å². The van der Waals surface area contributed by atoms with E-state index in [9.17, 15) is 19.5 Å². The van der Waals surface area contributed by atoms with E-state index in [4.69, 9.17) is 0 Å². The van der Waals surface area contributed by atoms with Crippen LogP contribution in [0.1, 0.15) is 35.9 Å². The van der Waals surface area contributed by atoms with Crippen LogP contribution in [0.4, 0.5) is 0 Å². The van der Waals surface area contributed by atoms with Gasteiger partial charge in [-0.15, -0.1) is 0 Å². The number of hydrogen-bond donors (Lipinski definition) is 1. The molecule has 0 saturated heterocycles. The van der Waals surface area contributed by atoms with Crippen LogP contribution in [0.3, 0.4) is 0 Å². The van der Waals surface area contributed by atoms with Gasteiger partial charge in [0.1, 0.15) is 5.39 Å². The second kappa shape index (κ2) is 6.73. The van der Waals surface area contributed by atoms with Crippen LogP contribution in [0.5, 0.6) is 0 Å². The molecule has 2 aromatic carbocycles. The molecule has 0 spiro atoms. The summed E-state index contributed by atoms with van der Waals surface area (Å²) in [4.78, 5) is 37.4. The zero-order chi connectivity index (χ0) is 20.9. The summed E-state index contributed by atoms with van der Waals surface area (Å²) in [6.07, 6.45) is 0. The highest BCUT2D eigenvalue weighted by atomic mass is 16.4. The number of aromatic nitrogens is 4. The molecule has 2 aromatic heterocycles. The van der Waals surface area contributed by atoms with E-state index >= 15 is 0 Å². The summed E-state index contributed by atoms with van der Waals surface area (Å²) in [6.45, 7) is 3.73. The first-order valence-electron chi connectivity index (χ1n) is 9.23. The van der Waals surface area contributed by atoms with E-state index in [1.165, 1.54) is 16.3 Å². The number of aromatic carboxylic acids is 1. The normalized spacial score (nSPS) is 11.6. The fourth-order valence-electron chi connectivity index (χ4n) is 3.71. The van der Waals surface area contributed by atoms with Gasteiger partial charge in [-0.2, -0.15) is 5.10 Å². The first-order chi connectivity index (χ1) is 13.8. The summed E-state index contributed by atoms with van der Waals surface area (Å²) >= 11 is 0. The van der Waals surface area contributed by atoms with Crippen molar-refractivity contribution in [3.05, 3.63) is 74.6 Å². The molecule has 0 amide bonds. The van der Waals surface area contributed by atoms with Crippen LogP contribution >= 0.6 is 0 Å². The molecule has 0 aliphatic rings. The summed E-state index contributed by atoms with van der Waals surface area (Å²) in [7, 11) is 1.34. The van der Waals surface area contributed by atoms with Gasteiger partial charge in [-0.1, -0.05) is 42.5 Å². The van der Waals surface area contributed by atoms with Crippen LogP contribution in [-0.4, -0.2) is 30.0 Å². The summed E-state index contributed by atoms with van der Waals surface area (Å²) in [5.41, 5.74) is -0.449.